The van der Waals surface area contributed by atoms with E-state index in [0.717, 1.165) is 38.5 Å². The van der Waals surface area contributed by atoms with Gasteiger partial charge < -0.3 is 27.0 Å². The van der Waals surface area contributed by atoms with Gasteiger partial charge in [-0.3, -0.25) is 28.9 Å². The summed E-state index contributed by atoms with van der Waals surface area (Å²) in [5.41, 5.74) is 21.7. The molecule has 2 aromatic carbocycles. The first-order chi connectivity index (χ1) is 31.7. The topological polar surface area (TPSA) is 225 Å². The van der Waals surface area contributed by atoms with Crippen molar-refractivity contribution < 1.29 is 32.8 Å². The van der Waals surface area contributed by atoms with E-state index >= 15 is 0 Å². The Hall–Kier alpha value is -6.98. The van der Waals surface area contributed by atoms with Gasteiger partial charge in [0.15, 0.2) is 0 Å². The second kappa shape index (κ2) is 18.1. The number of pyridine rings is 4. The third-order valence-electron chi connectivity index (χ3n) is 12.2. The molecule has 2 saturated heterocycles. The zero-order valence-electron chi connectivity index (χ0n) is 35.6. The second-order valence-electron chi connectivity index (χ2n) is 17.3. The van der Waals surface area contributed by atoms with Crippen molar-refractivity contribution in [2.45, 2.75) is 50.6 Å². The Bertz CT molecular complexity index is 2910. The van der Waals surface area contributed by atoms with Gasteiger partial charge in [0.2, 0.25) is 17.1 Å². The third kappa shape index (κ3) is 9.39. The molecule has 0 atom stereocenters. The molecular formula is C48H45ClF2N10O5. The lowest BCUT2D eigenvalue weighted by Gasteiger charge is -2.44. The van der Waals surface area contributed by atoms with Crippen LogP contribution in [0.3, 0.4) is 0 Å². The Morgan fingerprint density at radius 2 is 1.03 bits per heavy atom. The largest absolute Gasteiger partial charge is 0.382 e. The molecule has 66 heavy (non-hydrogen) atoms. The smallest absolute Gasteiger partial charge is 0.256 e. The minimum Gasteiger partial charge on any atom is -0.382 e. The van der Waals surface area contributed by atoms with Crippen LogP contribution in [0.15, 0.2) is 85.2 Å². The van der Waals surface area contributed by atoms with Gasteiger partial charge in [-0.05, 0) is 98.7 Å². The Kier molecular flexibility index (Phi) is 12.1. The van der Waals surface area contributed by atoms with Gasteiger partial charge in [-0.1, -0.05) is 24.3 Å². The van der Waals surface area contributed by atoms with Gasteiger partial charge in [0.25, 0.3) is 11.8 Å². The van der Waals surface area contributed by atoms with E-state index in [1.165, 1.54) is 41.6 Å². The quantitative estimate of drug-likeness (QED) is 0.118. The van der Waals surface area contributed by atoms with Crippen molar-refractivity contribution in [1.82, 2.24) is 34.6 Å². The minimum atomic E-state index is -0.374. The van der Waals surface area contributed by atoms with E-state index in [-0.39, 0.29) is 82.0 Å². The van der Waals surface area contributed by atoms with E-state index in [1.807, 2.05) is 0 Å². The molecule has 6 N–H and O–H groups in total. The lowest BCUT2D eigenvalue weighted by molar-refractivity contribution is -0.152. The number of nitrogen functional groups attached to an aromatic ring is 2. The molecule has 0 unspecified atom stereocenters. The number of hydrogen-bond acceptors (Lipinski definition) is 12. The van der Waals surface area contributed by atoms with E-state index in [2.05, 4.69) is 19.9 Å². The maximum Gasteiger partial charge on any atom is 0.256 e. The fourth-order valence-corrected chi connectivity index (χ4v) is 8.09. The van der Waals surface area contributed by atoms with Gasteiger partial charge in [0.1, 0.15) is 34.3 Å². The third-order valence-corrected chi connectivity index (χ3v) is 12.5. The van der Waals surface area contributed by atoms with Gasteiger partial charge >= 0.3 is 0 Å². The molecule has 338 valence electrons. The zero-order chi connectivity index (χ0) is 46.4. The molecule has 15 nitrogen and oxygen atoms in total. The number of fused-ring (bicyclic) bond motifs is 2. The molecular weight excluding hydrogens is 870 g/mol. The molecule has 0 radical (unpaired) electrons. The van der Waals surface area contributed by atoms with E-state index in [0.29, 0.717) is 81.6 Å². The van der Waals surface area contributed by atoms with Crippen LogP contribution in [0, 0.1) is 29.4 Å². The van der Waals surface area contributed by atoms with Gasteiger partial charge in [-0.15, -0.1) is 0 Å². The summed E-state index contributed by atoms with van der Waals surface area (Å²) in [6, 6.07) is 18.9. The number of hydrogen-bond donors (Lipinski definition) is 3. The molecule has 6 aromatic rings. The molecule has 3 aliphatic carbocycles. The summed E-state index contributed by atoms with van der Waals surface area (Å²) in [5, 5.41) is 1.01. The zero-order valence-corrected chi connectivity index (χ0v) is 36.3. The number of aromatic nitrogens is 4. The predicted molar refractivity (Wildman–Crippen MR) is 243 cm³/mol. The van der Waals surface area contributed by atoms with E-state index in [9.17, 15) is 32.8 Å². The Morgan fingerprint density at radius 3 is 1.39 bits per heavy atom. The van der Waals surface area contributed by atoms with Crippen LogP contribution < -0.4 is 17.2 Å². The standard InChI is InChI=1S/C26H24FN5O3.C18H16FN5O.C4H5ClO/c27-17-3-1-2-16(10-17)21-9-8-19-20(11-29-23(28)22(19)30-21)26(35)31-12-18(13-31)32(24(33)14-4-5-14)25(34)15-6-7-15;19-11-3-1-2-10(6-11)15-5-4-13-14(7-22-17(21)16(13)23-15)18(25)24-8-12(20)9-24;5-4(6)3-1-2-3/h1-3,8-11,14-15,18H,4-7,12-13H2,(H2,28,29);1-7,12H,8-9,20H2,(H2,21,22);3H,1-2H2. The van der Waals surface area contributed by atoms with Crippen molar-refractivity contribution in [3.63, 3.8) is 0 Å². The first-order valence-electron chi connectivity index (χ1n) is 21.8. The highest BCUT2D eigenvalue weighted by molar-refractivity contribution is 6.64. The highest BCUT2D eigenvalue weighted by atomic mass is 35.5. The van der Waals surface area contributed by atoms with Crippen molar-refractivity contribution in [3.8, 4) is 22.5 Å². The Morgan fingerprint density at radius 1 is 0.606 bits per heavy atom. The van der Waals surface area contributed by atoms with Gasteiger partial charge in [0, 0.05) is 84.3 Å². The average Bonchev–Trinajstić information content (AvgIpc) is 4.12. The predicted octanol–water partition coefficient (Wildman–Crippen LogP) is 5.98. The number of anilines is 2. The summed E-state index contributed by atoms with van der Waals surface area (Å²) < 4.78 is 27.1. The van der Waals surface area contributed by atoms with Gasteiger partial charge in [-0.25, -0.2) is 28.7 Å². The van der Waals surface area contributed by atoms with Gasteiger partial charge in [0.05, 0.1) is 28.6 Å². The normalized spacial score (nSPS) is 16.8. The number of halogens is 3. The first kappa shape index (κ1) is 44.2. The van der Waals surface area contributed by atoms with Crippen LogP contribution in [0.25, 0.3) is 44.3 Å². The van der Waals surface area contributed by atoms with Gasteiger partial charge in [-0.2, -0.15) is 0 Å². The molecule has 2 aliphatic heterocycles. The van der Waals surface area contributed by atoms with E-state index in [1.54, 1.807) is 58.3 Å². The SMILES string of the molecule is Nc1ncc(C(=O)N2CC(N(C(=O)C3CC3)C(=O)C3CC3)C2)c2ccc(-c3cccc(F)c3)nc12.Nc1ncc(C(=O)N2CC(N)C2)c2ccc(-c3cccc(F)c3)nc12.O=C(Cl)C1CC1. The maximum absolute atomic E-state index is 13.7. The molecule has 5 aliphatic rings. The van der Waals surface area contributed by atoms with Crippen molar-refractivity contribution in [1.29, 1.82) is 0 Å². The summed E-state index contributed by atoms with van der Waals surface area (Å²) in [4.78, 5) is 83.5. The summed E-state index contributed by atoms with van der Waals surface area (Å²) in [7, 11) is 0. The summed E-state index contributed by atoms with van der Waals surface area (Å²) >= 11 is 5.04. The molecule has 6 heterocycles. The first-order valence-corrected chi connectivity index (χ1v) is 22.1. The van der Waals surface area contributed by atoms with Crippen LogP contribution >= 0.6 is 11.6 Å². The number of likely N-dealkylation sites (tertiary alicyclic amines) is 2. The summed E-state index contributed by atoms with van der Waals surface area (Å²) in [5.74, 6) is -0.761. The van der Waals surface area contributed by atoms with Crippen molar-refractivity contribution >= 4 is 73.9 Å². The number of nitrogens with zero attached hydrogens (tertiary/aromatic N) is 7. The molecule has 18 heteroatoms. The minimum absolute atomic E-state index is 0.0228. The van der Waals surface area contributed by atoms with Crippen molar-refractivity contribution in [3.05, 3.63) is 108 Å². The highest BCUT2D eigenvalue weighted by Crippen LogP contribution is 2.38. The van der Waals surface area contributed by atoms with Crippen LogP contribution in [0.1, 0.15) is 59.2 Å². The molecule has 3 saturated carbocycles. The van der Waals surface area contributed by atoms with Crippen LogP contribution in [0.2, 0.25) is 0 Å². The monoisotopic (exact) mass is 914 g/mol. The molecule has 0 spiro atoms. The fourth-order valence-electron chi connectivity index (χ4n) is 7.87. The fraction of sp³-hybridized carbons (Fsp3) is 0.312. The summed E-state index contributed by atoms with van der Waals surface area (Å²) in [6.45, 7) is 1.66. The Labute approximate surface area is 382 Å². The molecule has 0 bridgehead atoms. The van der Waals surface area contributed by atoms with Crippen molar-refractivity contribution in [2.24, 2.45) is 23.5 Å². The average molecular weight is 915 g/mol. The number of rotatable bonds is 8. The van der Waals surface area contributed by atoms with Crippen LogP contribution in [-0.4, -0.2) is 102 Å². The Balaban J connectivity index is 0.000000153. The number of carbonyl (C=O) groups excluding carboxylic acids is 5. The lowest BCUT2D eigenvalue weighted by Crippen LogP contribution is -2.64. The second-order valence-corrected chi connectivity index (χ2v) is 17.7. The van der Waals surface area contributed by atoms with Crippen LogP contribution in [0.4, 0.5) is 20.4 Å². The number of imide groups is 1. The summed E-state index contributed by atoms with van der Waals surface area (Å²) in [6.07, 6.45) is 8.25. The number of amides is 4. The van der Waals surface area contributed by atoms with Crippen LogP contribution in [0.5, 0.6) is 0 Å². The van der Waals surface area contributed by atoms with Crippen molar-refractivity contribution in [2.75, 3.05) is 37.6 Å². The molecule has 4 aromatic heterocycles. The lowest BCUT2D eigenvalue weighted by atomic mass is 10.0. The van der Waals surface area contributed by atoms with E-state index in [4.69, 9.17) is 28.8 Å². The maximum atomic E-state index is 13.7. The number of carbonyl (C=O) groups is 5. The number of benzene rings is 2. The highest BCUT2D eigenvalue weighted by Gasteiger charge is 2.48. The number of nitrogens with two attached hydrogens (primary N) is 3. The molecule has 5 fully saturated rings. The van der Waals surface area contributed by atoms with E-state index < -0.39 is 0 Å². The van der Waals surface area contributed by atoms with Crippen LogP contribution in [-0.2, 0) is 14.4 Å². The molecule has 4 amide bonds. The molecule has 11 rings (SSSR count).